The molecule has 2 aliphatic rings. The molecule has 27 heavy (non-hydrogen) atoms. The lowest BCUT2D eigenvalue weighted by atomic mass is 9.66. The molecular weight excluding hydrogens is 374 g/mol. The summed E-state index contributed by atoms with van der Waals surface area (Å²) in [7, 11) is 0. The zero-order valence-corrected chi connectivity index (χ0v) is 17.2. The summed E-state index contributed by atoms with van der Waals surface area (Å²) in [5, 5.41) is 10.8. The smallest absolute Gasteiger partial charge is 0.105 e. The number of para-hydroxylation sites is 1. The third-order valence-corrected chi connectivity index (χ3v) is 7.52. The third kappa shape index (κ3) is 2.54. The second-order valence-electron chi connectivity index (χ2n) is 8.00. The van der Waals surface area contributed by atoms with Crippen LogP contribution in [-0.2, 0) is 5.41 Å². The first-order valence-electron chi connectivity index (χ1n) is 9.31. The molecule has 0 unspecified atom stereocenters. The summed E-state index contributed by atoms with van der Waals surface area (Å²) in [6, 6.07) is 16.9. The number of thioether (sulfide) groups is 1. The highest BCUT2D eigenvalue weighted by Crippen LogP contribution is 2.55. The van der Waals surface area contributed by atoms with Gasteiger partial charge in [-0.1, -0.05) is 43.6 Å². The molecule has 3 nitrogen and oxygen atoms in total. The van der Waals surface area contributed by atoms with E-state index < -0.39 is 0 Å². The lowest BCUT2D eigenvalue weighted by molar-refractivity contribution is 0.292. The molecular formula is C22H22ClN3S. The maximum atomic E-state index is 6.31. The molecule has 0 amide bonds. The van der Waals surface area contributed by atoms with E-state index in [0.29, 0.717) is 5.92 Å². The molecule has 2 atom stereocenters. The molecule has 2 aromatic carbocycles. The first-order valence-corrected chi connectivity index (χ1v) is 10.7. The van der Waals surface area contributed by atoms with E-state index in [1.54, 1.807) is 0 Å². The van der Waals surface area contributed by atoms with Crippen molar-refractivity contribution in [2.45, 2.75) is 37.3 Å². The number of nitrogens with one attached hydrogen (secondary N) is 1. The van der Waals surface area contributed by atoms with Gasteiger partial charge in [-0.15, -0.1) is 11.8 Å². The van der Waals surface area contributed by atoms with Crippen LogP contribution < -0.4 is 5.32 Å². The van der Waals surface area contributed by atoms with Crippen molar-refractivity contribution in [2.24, 2.45) is 5.92 Å². The number of benzene rings is 2. The largest absolute Gasteiger partial charge is 0.377 e. The number of hydrogen-bond acceptors (Lipinski definition) is 3. The predicted octanol–water partition coefficient (Wildman–Crippen LogP) is 6.00. The van der Waals surface area contributed by atoms with Gasteiger partial charge < -0.3 is 5.32 Å². The number of aromatic nitrogens is 2. The van der Waals surface area contributed by atoms with Gasteiger partial charge in [-0.3, -0.25) is 0 Å². The van der Waals surface area contributed by atoms with E-state index in [-0.39, 0.29) is 11.5 Å². The van der Waals surface area contributed by atoms with Crippen molar-refractivity contribution in [2.75, 3.05) is 11.1 Å². The topological polar surface area (TPSA) is 29.9 Å². The van der Waals surface area contributed by atoms with Crippen LogP contribution in [0.4, 0.5) is 5.69 Å². The van der Waals surface area contributed by atoms with Crippen molar-refractivity contribution in [1.29, 1.82) is 0 Å². The van der Waals surface area contributed by atoms with Gasteiger partial charge in [0.15, 0.2) is 0 Å². The molecule has 2 aliphatic heterocycles. The number of halogens is 1. The Hall–Kier alpha value is -1.91. The number of anilines is 1. The Balaban J connectivity index is 1.66. The van der Waals surface area contributed by atoms with Gasteiger partial charge in [-0.25, -0.2) is 4.68 Å². The van der Waals surface area contributed by atoms with Crippen molar-refractivity contribution >= 4 is 29.1 Å². The summed E-state index contributed by atoms with van der Waals surface area (Å²) in [6.45, 7) is 6.83. The van der Waals surface area contributed by atoms with Gasteiger partial charge in [0.2, 0.25) is 0 Å². The molecule has 0 fully saturated rings. The van der Waals surface area contributed by atoms with Crippen LogP contribution in [0.2, 0.25) is 5.02 Å². The van der Waals surface area contributed by atoms with E-state index in [0.717, 1.165) is 22.2 Å². The quantitative estimate of drug-likeness (QED) is 0.548. The summed E-state index contributed by atoms with van der Waals surface area (Å²) < 4.78 is 2.11. The summed E-state index contributed by atoms with van der Waals surface area (Å²) >= 11 is 8.24. The maximum Gasteiger partial charge on any atom is 0.105 e. The molecule has 0 bridgehead atoms. The van der Waals surface area contributed by atoms with Crippen LogP contribution in [0.5, 0.6) is 0 Å². The van der Waals surface area contributed by atoms with Crippen molar-refractivity contribution in [3.8, 4) is 5.69 Å². The Labute approximate surface area is 169 Å². The van der Waals surface area contributed by atoms with E-state index in [1.165, 1.54) is 21.8 Å². The molecule has 5 heteroatoms. The number of fused-ring (bicyclic) bond motifs is 4. The Morgan fingerprint density at radius 1 is 1.19 bits per heavy atom. The Bertz CT molecular complexity index is 1030. The van der Waals surface area contributed by atoms with Crippen LogP contribution in [0, 0.1) is 12.8 Å². The molecule has 1 aromatic heterocycles. The van der Waals surface area contributed by atoms with Crippen molar-refractivity contribution in [1.82, 2.24) is 9.78 Å². The van der Waals surface area contributed by atoms with E-state index in [4.69, 9.17) is 16.7 Å². The molecule has 0 spiro atoms. The monoisotopic (exact) mass is 395 g/mol. The molecule has 0 aliphatic carbocycles. The van der Waals surface area contributed by atoms with E-state index in [2.05, 4.69) is 67.2 Å². The van der Waals surface area contributed by atoms with Gasteiger partial charge in [-0.05, 0) is 48.2 Å². The third-order valence-electron chi connectivity index (χ3n) is 6.09. The van der Waals surface area contributed by atoms with E-state index in [9.17, 15) is 0 Å². The van der Waals surface area contributed by atoms with Gasteiger partial charge >= 0.3 is 0 Å². The SMILES string of the molecule is Cc1nn(-c2ccccc2)c2c1[C@H]1Nc3ccc(Cl)cc3C(C)(C)[C@@H]1CS2. The van der Waals surface area contributed by atoms with Gasteiger partial charge in [-0.2, -0.15) is 5.10 Å². The normalized spacial score (nSPS) is 22.4. The van der Waals surface area contributed by atoms with Crippen LogP contribution in [0.15, 0.2) is 53.6 Å². The number of rotatable bonds is 1. The van der Waals surface area contributed by atoms with Crippen LogP contribution >= 0.6 is 23.4 Å². The van der Waals surface area contributed by atoms with E-state index >= 15 is 0 Å². The molecule has 3 aromatic rings. The van der Waals surface area contributed by atoms with E-state index in [1.807, 2.05) is 23.9 Å². The van der Waals surface area contributed by atoms with Crippen LogP contribution in [-0.4, -0.2) is 15.5 Å². The molecule has 0 saturated carbocycles. The molecule has 3 heterocycles. The average Bonchev–Trinajstić information content (AvgIpc) is 3.00. The first-order chi connectivity index (χ1) is 13.0. The Morgan fingerprint density at radius 2 is 1.96 bits per heavy atom. The standard InChI is InChI=1S/C22H22ClN3S/c1-13-19-20-17(22(2,3)16-11-14(23)9-10-18(16)24-20)12-27-21(19)26(25-13)15-7-5-4-6-8-15/h4-11,17,20,24H,12H2,1-3H3/t17-,20+/m1/s1. The minimum absolute atomic E-state index is 0.0438. The lowest BCUT2D eigenvalue weighted by Gasteiger charge is -2.48. The van der Waals surface area contributed by atoms with Crippen molar-refractivity contribution in [3.63, 3.8) is 0 Å². The lowest BCUT2D eigenvalue weighted by Crippen LogP contribution is -2.44. The van der Waals surface area contributed by atoms with Gasteiger partial charge in [0.05, 0.1) is 17.4 Å². The van der Waals surface area contributed by atoms with Gasteiger partial charge in [0, 0.05) is 27.9 Å². The fraction of sp³-hybridized carbons (Fsp3) is 0.318. The Kier molecular flexibility index (Phi) is 3.85. The Morgan fingerprint density at radius 3 is 2.74 bits per heavy atom. The molecule has 1 N–H and O–H groups in total. The molecule has 0 saturated heterocycles. The number of hydrogen-bond donors (Lipinski definition) is 1. The molecule has 0 radical (unpaired) electrons. The predicted molar refractivity (Wildman–Crippen MR) is 113 cm³/mol. The molecule has 5 rings (SSSR count). The van der Waals surface area contributed by atoms with Crippen LogP contribution in [0.25, 0.3) is 5.69 Å². The zero-order valence-electron chi connectivity index (χ0n) is 15.7. The highest BCUT2D eigenvalue weighted by molar-refractivity contribution is 7.99. The fourth-order valence-corrected chi connectivity index (χ4v) is 6.38. The second kappa shape index (κ2) is 6.05. The van der Waals surface area contributed by atoms with Gasteiger partial charge in [0.25, 0.3) is 0 Å². The summed E-state index contributed by atoms with van der Waals surface area (Å²) in [6.07, 6.45) is 0. The maximum absolute atomic E-state index is 6.31. The number of nitrogens with zero attached hydrogens (tertiary/aromatic N) is 2. The second-order valence-corrected chi connectivity index (χ2v) is 9.45. The van der Waals surface area contributed by atoms with Gasteiger partial charge in [0.1, 0.15) is 5.03 Å². The zero-order chi connectivity index (χ0) is 18.8. The minimum Gasteiger partial charge on any atom is -0.377 e. The van der Waals surface area contributed by atoms with Crippen molar-refractivity contribution in [3.05, 3.63) is 70.4 Å². The summed E-state index contributed by atoms with van der Waals surface area (Å²) in [5.74, 6) is 1.54. The summed E-state index contributed by atoms with van der Waals surface area (Å²) in [4.78, 5) is 0. The highest BCUT2D eigenvalue weighted by Gasteiger charge is 2.47. The van der Waals surface area contributed by atoms with Crippen molar-refractivity contribution < 1.29 is 0 Å². The highest BCUT2D eigenvalue weighted by atomic mass is 35.5. The number of aryl methyl sites for hydroxylation is 1. The van der Waals surface area contributed by atoms with Crippen LogP contribution in [0.1, 0.15) is 36.7 Å². The fourth-order valence-electron chi connectivity index (χ4n) is 4.57. The average molecular weight is 396 g/mol. The molecule has 138 valence electrons. The first kappa shape index (κ1) is 17.2. The summed E-state index contributed by atoms with van der Waals surface area (Å²) in [5.41, 5.74) is 6.12. The minimum atomic E-state index is 0.0438. The van der Waals surface area contributed by atoms with Crippen LogP contribution in [0.3, 0.4) is 0 Å².